The molecule has 1 N–H and O–H groups in total. The molecular weight excluding hydrogens is 482 g/mol. The van der Waals surface area contributed by atoms with E-state index in [4.69, 9.17) is 9.47 Å². The van der Waals surface area contributed by atoms with E-state index in [-0.39, 0.29) is 5.95 Å². The van der Waals surface area contributed by atoms with E-state index in [1.807, 2.05) is 26.1 Å². The number of sulfonamides is 1. The number of rotatable bonds is 9. The molecule has 0 aliphatic carbocycles. The molecule has 0 saturated carbocycles. The minimum Gasteiger partial charge on any atom is -0.494 e. The van der Waals surface area contributed by atoms with Gasteiger partial charge >= 0.3 is 0 Å². The second-order valence-electron chi connectivity index (χ2n) is 8.54. The van der Waals surface area contributed by atoms with Gasteiger partial charge in [0.25, 0.3) is 0 Å². The van der Waals surface area contributed by atoms with Gasteiger partial charge in [0.15, 0.2) is 5.82 Å². The average Bonchev–Trinajstić information content (AvgIpc) is 3.48. The summed E-state index contributed by atoms with van der Waals surface area (Å²) in [4.78, 5) is 4.26. The van der Waals surface area contributed by atoms with E-state index in [9.17, 15) is 8.42 Å². The zero-order valence-electron chi connectivity index (χ0n) is 21.0. The molecule has 2 atom stereocenters. The van der Waals surface area contributed by atoms with E-state index in [1.54, 1.807) is 59.9 Å². The van der Waals surface area contributed by atoms with Crippen LogP contribution in [0.1, 0.15) is 31.0 Å². The molecule has 1 aromatic carbocycles. The Morgan fingerprint density at radius 3 is 2.25 bits per heavy atom. The molecule has 0 amide bonds. The fourth-order valence-electron chi connectivity index (χ4n) is 3.83. The van der Waals surface area contributed by atoms with Crippen molar-refractivity contribution >= 4 is 16.0 Å². The van der Waals surface area contributed by atoms with Gasteiger partial charge in [-0.25, -0.2) is 8.42 Å². The van der Waals surface area contributed by atoms with Crippen molar-refractivity contribution in [2.24, 2.45) is 0 Å². The van der Waals surface area contributed by atoms with Crippen molar-refractivity contribution in [3.05, 3.63) is 60.2 Å². The molecule has 4 aromatic rings. The Hall–Kier alpha value is -3.93. The van der Waals surface area contributed by atoms with E-state index in [1.165, 1.54) is 14.2 Å². The van der Waals surface area contributed by atoms with Crippen LogP contribution in [-0.2, 0) is 10.0 Å². The minimum absolute atomic E-state index is 0.00926. The highest BCUT2D eigenvalue weighted by Gasteiger charge is 2.31. The highest BCUT2D eigenvalue weighted by molar-refractivity contribution is 7.93. The number of nitrogens with one attached hydrogen (secondary N) is 1. The predicted molar refractivity (Wildman–Crippen MR) is 136 cm³/mol. The number of hydrogen-bond donors (Lipinski definition) is 1. The molecule has 0 radical (unpaired) electrons. The van der Waals surface area contributed by atoms with Gasteiger partial charge in [-0.3, -0.25) is 19.0 Å². The van der Waals surface area contributed by atoms with E-state index in [2.05, 4.69) is 25.0 Å². The van der Waals surface area contributed by atoms with Crippen LogP contribution in [0.2, 0.25) is 0 Å². The van der Waals surface area contributed by atoms with Crippen LogP contribution in [0, 0.1) is 13.8 Å². The third-order valence-corrected chi connectivity index (χ3v) is 7.81. The zero-order chi connectivity index (χ0) is 26.0. The molecule has 0 spiro atoms. The van der Waals surface area contributed by atoms with E-state index in [0.717, 1.165) is 11.1 Å². The number of anilines is 1. The first-order chi connectivity index (χ1) is 17.2. The second kappa shape index (κ2) is 9.97. The first-order valence-corrected chi connectivity index (χ1v) is 12.8. The highest BCUT2D eigenvalue weighted by Crippen LogP contribution is 2.38. The van der Waals surface area contributed by atoms with Crippen LogP contribution in [0.5, 0.6) is 11.5 Å². The molecule has 0 fully saturated rings. The van der Waals surface area contributed by atoms with Crippen LogP contribution in [0.15, 0.2) is 49.1 Å². The van der Waals surface area contributed by atoms with Gasteiger partial charge in [0.05, 0.1) is 31.7 Å². The average molecular weight is 512 g/mol. The van der Waals surface area contributed by atoms with Crippen LogP contribution >= 0.6 is 0 Å². The lowest BCUT2D eigenvalue weighted by molar-refractivity contribution is 0.391. The Morgan fingerprint density at radius 1 is 0.972 bits per heavy atom. The van der Waals surface area contributed by atoms with Crippen LogP contribution in [0.3, 0.4) is 0 Å². The number of nitrogens with zero attached hydrogens (tertiary/aromatic N) is 6. The molecule has 3 heterocycles. The summed E-state index contributed by atoms with van der Waals surface area (Å²) >= 11 is 0. The van der Waals surface area contributed by atoms with Crippen molar-refractivity contribution in [1.29, 1.82) is 0 Å². The van der Waals surface area contributed by atoms with Gasteiger partial charge in [-0.05, 0) is 57.0 Å². The first-order valence-electron chi connectivity index (χ1n) is 11.3. The quantitative estimate of drug-likeness (QED) is 0.362. The summed E-state index contributed by atoms with van der Waals surface area (Å²) in [6, 6.07) is 6.73. The lowest BCUT2D eigenvalue weighted by atomic mass is 10.2. The molecule has 0 saturated heterocycles. The van der Waals surface area contributed by atoms with Gasteiger partial charge in [-0.2, -0.15) is 5.10 Å². The van der Waals surface area contributed by atoms with Crippen molar-refractivity contribution < 1.29 is 17.9 Å². The first kappa shape index (κ1) is 25.2. The molecule has 0 bridgehead atoms. The molecule has 12 heteroatoms. The summed E-state index contributed by atoms with van der Waals surface area (Å²) in [5.41, 5.74) is 2.95. The SMILES string of the molecule is COc1cccc(OC)c1-n1c(NS(=O)(=O)[C@@H](C)[C@H](C)n2cc(C)cn2)nnc1-c1cncc(C)c1. The number of benzene rings is 1. The van der Waals surface area contributed by atoms with Gasteiger partial charge in [-0.15, -0.1) is 10.2 Å². The summed E-state index contributed by atoms with van der Waals surface area (Å²) in [6.45, 7) is 7.23. The Balaban J connectivity index is 1.85. The summed E-state index contributed by atoms with van der Waals surface area (Å²) in [5.74, 6) is 1.26. The molecule has 0 aliphatic rings. The Labute approximate surface area is 210 Å². The topological polar surface area (TPSA) is 126 Å². The third-order valence-electron chi connectivity index (χ3n) is 5.97. The summed E-state index contributed by atoms with van der Waals surface area (Å²) < 4.78 is 44.0. The summed E-state index contributed by atoms with van der Waals surface area (Å²) in [5, 5.41) is 12.0. The zero-order valence-corrected chi connectivity index (χ0v) is 21.8. The van der Waals surface area contributed by atoms with Crippen LogP contribution < -0.4 is 14.2 Å². The fourth-order valence-corrected chi connectivity index (χ4v) is 5.04. The van der Waals surface area contributed by atoms with Crippen molar-refractivity contribution in [3.8, 4) is 28.6 Å². The maximum atomic E-state index is 13.5. The fraction of sp³-hybridized carbons (Fsp3) is 0.333. The summed E-state index contributed by atoms with van der Waals surface area (Å²) in [7, 11) is -0.882. The number of aromatic nitrogens is 6. The molecule has 36 heavy (non-hydrogen) atoms. The molecule has 190 valence electrons. The van der Waals surface area contributed by atoms with Crippen LogP contribution in [0.4, 0.5) is 5.95 Å². The normalized spacial score (nSPS) is 13.3. The number of pyridine rings is 1. The van der Waals surface area contributed by atoms with E-state index in [0.29, 0.717) is 28.6 Å². The molecular formula is C24H29N7O4S. The molecule has 0 aliphatic heterocycles. The van der Waals surface area contributed by atoms with Gasteiger partial charge in [0.2, 0.25) is 16.0 Å². The van der Waals surface area contributed by atoms with Gasteiger partial charge in [0, 0.05) is 24.2 Å². The lowest BCUT2D eigenvalue weighted by Gasteiger charge is -2.22. The predicted octanol–water partition coefficient (Wildman–Crippen LogP) is 3.55. The Morgan fingerprint density at radius 2 is 1.67 bits per heavy atom. The van der Waals surface area contributed by atoms with Crippen molar-refractivity contribution in [3.63, 3.8) is 0 Å². The number of aryl methyl sites for hydroxylation is 2. The van der Waals surface area contributed by atoms with Gasteiger partial charge < -0.3 is 9.47 Å². The van der Waals surface area contributed by atoms with Gasteiger partial charge in [-0.1, -0.05) is 6.07 Å². The number of ether oxygens (including phenoxy) is 2. The maximum Gasteiger partial charge on any atom is 0.243 e. The largest absolute Gasteiger partial charge is 0.494 e. The number of para-hydroxylation sites is 1. The highest BCUT2D eigenvalue weighted by atomic mass is 32.2. The monoisotopic (exact) mass is 511 g/mol. The standard InChI is InChI=1S/C24H29N7O4S/c1-15-10-19(13-25-11-15)23-27-28-24(31(23)22-20(34-5)8-7-9-21(22)35-6)29-36(32,33)18(4)17(3)30-14-16(2)12-26-30/h7-14,17-18H,1-6H3,(H,28,29)/t17-,18-/m0/s1. The molecule has 11 nitrogen and oxygen atoms in total. The van der Waals surface area contributed by atoms with Crippen LogP contribution in [-0.4, -0.2) is 57.4 Å². The molecule has 3 aromatic heterocycles. The number of hydrogen-bond acceptors (Lipinski definition) is 8. The smallest absolute Gasteiger partial charge is 0.243 e. The van der Waals surface area contributed by atoms with Crippen molar-refractivity contribution in [2.75, 3.05) is 18.9 Å². The minimum atomic E-state index is -3.93. The Kier molecular flexibility index (Phi) is 6.97. The molecule has 0 unspecified atom stereocenters. The van der Waals surface area contributed by atoms with Crippen molar-refractivity contribution in [1.82, 2.24) is 29.5 Å². The third kappa shape index (κ3) is 4.76. The molecule has 4 rings (SSSR count). The second-order valence-corrected chi connectivity index (χ2v) is 10.6. The van der Waals surface area contributed by atoms with E-state index >= 15 is 0 Å². The Bertz CT molecular complexity index is 1460. The lowest BCUT2D eigenvalue weighted by Crippen LogP contribution is -2.33. The van der Waals surface area contributed by atoms with Crippen molar-refractivity contribution in [2.45, 2.75) is 39.0 Å². The maximum absolute atomic E-state index is 13.5. The number of methoxy groups -OCH3 is 2. The van der Waals surface area contributed by atoms with E-state index < -0.39 is 21.3 Å². The summed E-state index contributed by atoms with van der Waals surface area (Å²) in [6.07, 6.45) is 6.85. The van der Waals surface area contributed by atoms with Gasteiger partial charge in [0.1, 0.15) is 17.2 Å². The van der Waals surface area contributed by atoms with Crippen LogP contribution in [0.25, 0.3) is 17.1 Å².